The molecule has 144 valence electrons. The van der Waals surface area contributed by atoms with E-state index in [0.717, 1.165) is 22.8 Å². The first-order valence-corrected chi connectivity index (χ1v) is 7.63. The Balaban J connectivity index is 2.81. The highest BCUT2D eigenvalue weighted by molar-refractivity contribution is 6.39. The van der Waals surface area contributed by atoms with Crippen LogP contribution in [0.25, 0.3) is 5.69 Å². The van der Waals surface area contributed by atoms with E-state index in [1.807, 2.05) is 5.32 Å². The molecule has 3 N–H and O–H groups in total. The van der Waals surface area contributed by atoms with Crippen molar-refractivity contribution in [2.24, 2.45) is 5.73 Å². The molecule has 0 aliphatic rings. The van der Waals surface area contributed by atoms with Gasteiger partial charge in [0.25, 0.3) is 5.56 Å². The molecule has 0 aliphatic carbocycles. The standard InChI is InChI=1S/C16H15F3N4O4/c1-3-22-14(26)11(21-13(25)12(20)24)8(2)23(15(22)27)10-6-4-5-9(7-10)16(17,18)19/h4-7H,3H2,1-2H3,(H2,20,24)(H,21,25). The van der Waals surface area contributed by atoms with Crippen molar-refractivity contribution < 1.29 is 22.8 Å². The minimum absolute atomic E-state index is 0.115. The first kappa shape index (κ1) is 19.9. The number of anilines is 1. The molecule has 8 nitrogen and oxygen atoms in total. The van der Waals surface area contributed by atoms with Crippen LogP contribution in [0.4, 0.5) is 18.9 Å². The third-order valence-corrected chi connectivity index (χ3v) is 3.79. The van der Waals surface area contributed by atoms with Crippen molar-refractivity contribution in [2.45, 2.75) is 26.6 Å². The van der Waals surface area contributed by atoms with Crippen molar-refractivity contribution in [3.8, 4) is 5.69 Å². The van der Waals surface area contributed by atoms with Crippen LogP contribution in [0.2, 0.25) is 0 Å². The summed E-state index contributed by atoms with van der Waals surface area (Å²) >= 11 is 0. The Morgan fingerprint density at radius 3 is 2.37 bits per heavy atom. The van der Waals surface area contributed by atoms with E-state index < -0.39 is 40.5 Å². The minimum atomic E-state index is -4.64. The summed E-state index contributed by atoms with van der Waals surface area (Å²) < 4.78 is 40.5. The van der Waals surface area contributed by atoms with E-state index in [1.165, 1.54) is 19.9 Å². The van der Waals surface area contributed by atoms with Gasteiger partial charge in [-0.2, -0.15) is 13.2 Å². The Bertz CT molecular complexity index is 1040. The van der Waals surface area contributed by atoms with Gasteiger partial charge in [-0.1, -0.05) is 6.07 Å². The average molecular weight is 384 g/mol. The number of nitrogens with zero attached hydrogens (tertiary/aromatic N) is 2. The molecule has 0 saturated heterocycles. The van der Waals surface area contributed by atoms with Crippen molar-refractivity contribution >= 4 is 17.5 Å². The maximum Gasteiger partial charge on any atom is 0.416 e. The Hall–Kier alpha value is -3.37. The molecular formula is C16H15F3N4O4. The van der Waals surface area contributed by atoms with E-state index in [2.05, 4.69) is 0 Å². The highest BCUT2D eigenvalue weighted by Gasteiger charge is 2.31. The third kappa shape index (κ3) is 3.76. The molecule has 11 heteroatoms. The van der Waals surface area contributed by atoms with Crippen molar-refractivity contribution in [1.29, 1.82) is 0 Å². The van der Waals surface area contributed by atoms with Gasteiger partial charge in [-0.05, 0) is 32.0 Å². The normalized spacial score (nSPS) is 11.3. The van der Waals surface area contributed by atoms with Crippen LogP contribution < -0.4 is 22.3 Å². The lowest BCUT2D eigenvalue weighted by Crippen LogP contribution is -2.43. The Kier molecular flexibility index (Phi) is 5.24. The minimum Gasteiger partial charge on any atom is -0.361 e. The molecule has 2 aromatic rings. The lowest BCUT2D eigenvalue weighted by atomic mass is 10.2. The van der Waals surface area contributed by atoms with Gasteiger partial charge in [-0.25, -0.2) is 4.79 Å². The highest BCUT2D eigenvalue weighted by Crippen LogP contribution is 2.30. The Labute approximate surface area is 150 Å². The number of alkyl halides is 3. The molecule has 0 fully saturated rings. The van der Waals surface area contributed by atoms with Gasteiger partial charge < -0.3 is 11.1 Å². The van der Waals surface area contributed by atoms with Gasteiger partial charge in [0.05, 0.1) is 16.9 Å². The predicted octanol–water partition coefficient (Wildman–Crippen LogP) is 0.770. The molecule has 0 radical (unpaired) electrons. The summed E-state index contributed by atoms with van der Waals surface area (Å²) in [6.45, 7) is 2.60. The van der Waals surface area contributed by atoms with Crippen LogP contribution in [0, 0.1) is 6.92 Å². The quantitative estimate of drug-likeness (QED) is 0.761. The summed E-state index contributed by atoms with van der Waals surface area (Å²) in [5.41, 5.74) is 1.31. The summed E-state index contributed by atoms with van der Waals surface area (Å²) in [5.74, 6) is -2.67. The van der Waals surface area contributed by atoms with Crippen molar-refractivity contribution in [2.75, 3.05) is 5.32 Å². The molecule has 2 rings (SSSR count). The zero-order valence-corrected chi connectivity index (χ0v) is 14.3. The van der Waals surface area contributed by atoms with Crippen LogP contribution in [0.15, 0.2) is 33.9 Å². The van der Waals surface area contributed by atoms with Crippen LogP contribution in [0.1, 0.15) is 18.2 Å². The summed E-state index contributed by atoms with van der Waals surface area (Å²) in [4.78, 5) is 47.6. The topological polar surface area (TPSA) is 116 Å². The average Bonchev–Trinajstić information content (AvgIpc) is 2.58. The van der Waals surface area contributed by atoms with Gasteiger partial charge in [0.2, 0.25) is 0 Å². The van der Waals surface area contributed by atoms with E-state index in [-0.39, 0.29) is 17.9 Å². The second-order valence-corrected chi connectivity index (χ2v) is 5.49. The molecule has 0 aliphatic heterocycles. The Morgan fingerprint density at radius 1 is 1.22 bits per heavy atom. The van der Waals surface area contributed by atoms with E-state index in [4.69, 9.17) is 5.73 Å². The molecule has 1 heterocycles. The number of hydrogen-bond acceptors (Lipinski definition) is 4. The van der Waals surface area contributed by atoms with E-state index in [0.29, 0.717) is 4.57 Å². The number of carbonyl (C=O) groups excluding carboxylic acids is 2. The van der Waals surface area contributed by atoms with Crippen LogP contribution in [-0.4, -0.2) is 20.9 Å². The van der Waals surface area contributed by atoms with Gasteiger partial charge in [0.1, 0.15) is 5.69 Å². The molecule has 1 aromatic heterocycles. The first-order valence-electron chi connectivity index (χ1n) is 7.63. The first-order chi connectivity index (χ1) is 12.5. The molecule has 0 saturated carbocycles. The van der Waals surface area contributed by atoms with Gasteiger partial charge in [0, 0.05) is 6.54 Å². The SMILES string of the molecule is CCn1c(=O)c(NC(=O)C(N)=O)c(C)n(-c2cccc(C(F)(F)F)c2)c1=O. The molecule has 0 bridgehead atoms. The molecule has 0 unspecified atom stereocenters. The van der Waals surface area contributed by atoms with Gasteiger partial charge in [-0.3, -0.25) is 23.5 Å². The smallest absolute Gasteiger partial charge is 0.361 e. The molecule has 1 aromatic carbocycles. The van der Waals surface area contributed by atoms with Gasteiger partial charge >= 0.3 is 23.7 Å². The number of primary amides is 1. The number of halogens is 3. The fourth-order valence-corrected chi connectivity index (χ4v) is 2.48. The fourth-order valence-electron chi connectivity index (χ4n) is 2.48. The molecule has 2 amide bonds. The van der Waals surface area contributed by atoms with E-state index in [9.17, 15) is 32.3 Å². The molecular weight excluding hydrogens is 369 g/mol. The number of carbonyl (C=O) groups is 2. The maximum atomic E-state index is 13.0. The van der Waals surface area contributed by atoms with Crippen molar-refractivity contribution in [3.05, 3.63) is 56.4 Å². The summed E-state index contributed by atoms with van der Waals surface area (Å²) in [6.07, 6.45) is -4.64. The van der Waals surface area contributed by atoms with Crippen LogP contribution in [0.3, 0.4) is 0 Å². The lowest BCUT2D eigenvalue weighted by Gasteiger charge is -2.17. The summed E-state index contributed by atoms with van der Waals surface area (Å²) in [7, 11) is 0. The zero-order valence-electron chi connectivity index (χ0n) is 14.3. The zero-order chi connectivity index (χ0) is 20.5. The second-order valence-electron chi connectivity index (χ2n) is 5.49. The highest BCUT2D eigenvalue weighted by atomic mass is 19.4. The number of rotatable bonds is 3. The second kappa shape index (κ2) is 7.09. The number of aromatic nitrogens is 2. The number of benzene rings is 1. The maximum absolute atomic E-state index is 13.0. The van der Waals surface area contributed by atoms with Gasteiger partial charge in [-0.15, -0.1) is 0 Å². The predicted molar refractivity (Wildman–Crippen MR) is 89.5 cm³/mol. The monoisotopic (exact) mass is 384 g/mol. The molecule has 0 spiro atoms. The number of hydrogen-bond donors (Lipinski definition) is 2. The van der Waals surface area contributed by atoms with Gasteiger partial charge in [0.15, 0.2) is 0 Å². The fraction of sp³-hybridized carbons (Fsp3) is 0.250. The number of nitrogens with two attached hydrogens (primary N) is 1. The number of nitrogens with one attached hydrogen (secondary N) is 1. The lowest BCUT2D eigenvalue weighted by molar-refractivity contribution is -0.137. The van der Waals surface area contributed by atoms with E-state index in [1.54, 1.807) is 0 Å². The largest absolute Gasteiger partial charge is 0.416 e. The Morgan fingerprint density at radius 2 is 1.85 bits per heavy atom. The summed E-state index contributed by atoms with van der Waals surface area (Å²) in [6, 6.07) is 3.91. The van der Waals surface area contributed by atoms with Crippen LogP contribution in [-0.2, 0) is 22.3 Å². The van der Waals surface area contributed by atoms with Crippen molar-refractivity contribution in [3.63, 3.8) is 0 Å². The van der Waals surface area contributed by atoms with Crippen LogP contribution >= 0.6 is 0 Å². The molecule has 27 heavy (non-hydrogen) atoms. The number of amides is 2. The van der Waals surface area contributed by atoms with E-state index >= 15 is 0 Å². The molecule has 0 atom stereocenters. The third-order valence-electron chi connectivity index (χ3n) is 3.79. The van der Waals surface area contributed by atoms with Crippen LogP contribution in [0.5, 0.6) is 0 Å². The summed E-state index contributed by atoms with van der Waals surface area (Å²) in [5, 5.41) is 2.01. The van der Waals surface area contributed by atoms with Crippen molar-refractivity contribution in [1.82, 2.24) is 9.13 Å².